The van der Waals surface area contributed by atoms with Gasteiger partial charge >= 0.3 is 0 Å². The molecule has 146 valence electrons. The summed E-state index contributed by atoms with van der Waals surface area (Å²) in [5.74, 6) is 1.64. The van der Waals surface area contributed by atoms with E-state index >= 15 is 0 Å². The van der Waals surface area contributed by atoms with Gasteiger partial charge in [0, 0.05) is 10.3 Å². The summed E-state index contributed by atoms with van der Waals surface area (Å²) < 4.78 is 5.58. The second-order valence-electron chi connectivity index (χ2n) is 6.98. The van der Waals surface area contributed by atoms with Gasteiger partial charge in [0.1, 0.15) is 21.9 Å². The van der Waals surface area contributed by atoms with Gasteiger partial charge in [0.25, 0.3) is 0 Å². The Morgan fingerprint density at radius 1 is 1.36 bits per heavy atom. The summed E-state index contributed by atoms with van der Waals surface area (Å²) in [5.41, 5.74) is 2.09. The van der Waals surface area contributed by atoms with Gasteiger partial charge in [-0.15, -0.1) is 11.3 Å². The van der Waals surface area contributed by atoms with Crippen molar-refractivity contribution < 1.29 is 9.53 Å². The molecule has 7 heteroatoms. The standard InChI is InChI=1S/C21H23N3O2S2/c1-3-26-16-7-5-4-6-15(16)24-18(25)11-27-20-19-14-9-8-13(2)10-17(14)28-21(19)23-12-22-20/h4-7,12-13H,3,8-11H2,1-2H3,(H,24,25)/t13-/m1/s1. The minimum atomic E-state index is -0.0679. The van der Waals surface area contributed by atoms with E-state index in [-0.39, 0.29) is 5.91 Å². The van der Waals surface area contributed by atoms with Gasteiger partial charge < -0.3 is 10.1 Å². The molecule has 28 heavy (non-hydrogen) atoms. The van der Waals surface area contributed by atoms with Gasteiger partial charge in [0.2, 0.25) is 5.91 Å². The molecule has 2 heterocycles. The summed E-state index contributed by atoms with van der Waals surface area (Å²) >= 11 is 3.26. The number of hydrogen-bond donors (Lipinski definition) is 1. The number of nitrogens with one attached hydrogen (secondary N) is 1. The lowest BCUT2D eigenvalue weighted by Crippen LogP contribution is -2.15. The van der Waals surface area contributed by atoms with Crippen LogP contribution in [0.2, 0.25) is 0 Å². The van der Waals surface area contributed by atoms with Crippen LogP contribution in [0, 0.1) is 5.92 Å². The summed E-state index contributed by atoms with van der Waals surface area (Å²) in [7, 11) is 0. The van der Waals surface area contributed by atoms with Crippen LogP contribution >= 0.6 is 23.1 Å². The molecule has 3 aromatic rings. The lowest BCUT2D eigenvalue weighted by Gasteiger charge is -2.18. The highest BCUT2D eigenvalue weighted by atomic mass is 32.2. The number of aryl methyl sites for hydroxylation is 1. The Labute approximate surface area is 172 Å². The van der Waals surface area contributed by atoms with Gasteiger partial charge in [-0.25, -0.2) is 9.97 Å². The Morgan fingerprint density at radius 2 is 2.21 bits per heavy atom. The quantitative estimate of drug-likeness (QED) is 0.458. The summed E-state index contributed by atoms with van der Waals surface area (Å²) in [4.78, 5) is 24.0. The average Bonchev–Trinajstić information content (AvgIpc) is 3.06. The highest BCUT2D eigenvalue weighted by Crippen LogP contribution is 2.40. The number of hydrogen-bond acceptors (Lipinski definition) is 6. The Balaban J connectivity index is 1.49. The number of thioether (sulfide) groups is 1. The first-order valence-corrected chi connectivity index (χ1v) is 11.4. The van der Waals surface area contributed by atoms with E-state index in [1.165, 1.54) is 28.6 Å². The smallest absolute Gasteiger partial charge is 0.234 e. The number of para-hydroxylation sites is 2. The highest BCUT2D eigenvalue weighted by Gasteiger charge is 2.23. The first-order valence-electron chi connectivity index (χ1n) is 9.55. The third-order valence-corrected chi connectivity index (χ3v) is 7.01. The Bertz CT molecular complexity index is 1000. The molecule has 0 saturated carbocycles. The van der Waals surface area contributed by atoms with Gasteiger partial charge in [-0.3, -0.25) is 4.79 Å². The Morgan fingerprint density at radius 3 is 3.07 bits per heavy atom. The maximum atomic E-state index is 12.5. The third kappa shape index (κ3) is 4.00. The summed E-state index contributed by atoms with van der Waals surface area (Å²) in [6.45, 7) is 4.79. The van der Waals surface area contributed by atoms with Crippen molar-refractivity contribution in [2.24, 2.45) is 5.92 Å². The predicted molar refractivity (Wildman–Crippen MR) is 116 cm³/mol. The minimum Gasteiger partial charge on any atom is -0.492 e. The van der Waals surface area contributed by atoms with Crippen molar-refractivity contribution in [1.29, 1.82) is 0 Å². The zero-order valence-corrected chi connectivity index (χ0v) is 17.7. The van der Waals surface area contributed by atoms with Crippen LogP contribution in [0.15, 0.2) is 35.6 Å². The number of rotatable bonds is 6. The average molecular weight is 414 g/mol. The largest absolute Gasteiger partial charge is 0.492 e. The number of amides is 1. The number of carbonyl (C=O) groups is 1. The third-order valence-electron chi connectivity index (χ3n) is 4.86. The first kappa shape index (κ1) is 19.2. The molecule has 2 aromatic heterocycles. The van der Waals surface area contributed by atoms with Crippen molar-refractivity contribution >= 4 is 44.9 Å². The van der Waals surface area contributed by atoms with E-state index in [0.717, 1.165) is 34.0 Å². The molecule has 0 unspecified atom stereocenters. The van der Waals surface area contributed by atoms with Crippen molar-refractivity contribution in [1.82, 2.24) is 9.97 Å². The molecule has 0 spiro atoms. The van der Waals surface area contributed by atoms with E-state index < -0.39 is 0 Å². The second-order valence-corrected chi connectivity index (χ2v) is 9.02. The van der Waals surface area contributed by atoms with E-state index in [2.05, 4.69) is 22.2 Å². The molecule has 1 aliphatic rings. The van der Waals surface area contributed by atoms with Crippen molar-refractivity contribution in [3.8, 4) is 5.75 Å². The SMILES string of the molecule is CCOc1ccccc1NC(=O)CSc1ncnc2sc3c(c12)CC[C@@H](C)C3. The number of ether oxygens (including phenoxy) is 1. The number of benzene rings is 1. The normalized spacial score (nSPS) is 16.0. The summed E-state index contributed by atoms with van der Waals surface area (Å²) in [5, 5.41) is 5.01. The van der Waals surface area contributed by atoms with Crippen LogP contribution in [0.1, 0.15) is 30.7 Å². The van der Waals surface area contributed by atoms with E-state index in [1.54, 1.807) is 17.7 Å². The van der Waals surface area contributed by atoms with Crippen LogP contribution in [0.25, 0.3) is 10.2 Å². The van der Waals surface area contributed by atoms with Gasteiger partial charge in [0.15, 0.2) is 0 Å². The van der Waals surface area contributed by atoms with Crippen molar-refractivity contribution in [3.63, 3.8) is 0 Å². The number of aromatic nitrogens is 2. The van der Waals surface area contributed by atoms with Crippen LogP contribution in [-0.4, -0.2) is 28.2 Å². The van der Waals surface area contributed by atoms with E-state index in [1.807, 2.05) is 31.2 Å². The molecule has 0 radical (unpaired) electrons. The Kier molecular flexibility index (Phi) is 5.82. The summed E-state index contributed by atoms with van der Waals surface area (Å²) in [6, 6.07) is 7.50. The molecule has 1 atom stereocenters. The van der Waals surface area contributed by atoms with E-state index in [4.69, 9.17) is 4.74 Å². The van der Waals surface area contributed by atoms with Crippen LogP contribution in [0.5, 0.6) is 5.75 Å². The molecular formula is C21H23N3O2S2. The van der Waals surface area contributed by atoms with Gasteiger partial charge in [-0.1, -0.05) is 30.8 Å². The fourth-order valence-electron chi connectivity index (χ4n) is 3.53. The van der Waals surface area contributed by atoms with Gasteiger partial charge in [-0.2, -0.15) is 0 Å². The lowest BCUT2D eigenvalue weighted by atomic mass is 9.89. The molecule has 5 nitrogen and oxygen atoms in total. The highest BCUT2D eigenvalue weighted by molar-refractivity contribution is 8.00. The van der Waals surface area contributed by atoms with Crippen LogP contribution in [0.4, 0.5) is 5.69 Å². The van der Waals surface area contributed by atoms with E-state index in [0.29, 0.717) is 23.8 Å². The lowest BCUT2D eigenvalue weighted by molar-refractivity contribution is -0.113. The molecule has 0 bridgehead atoms. The fraction of sp³-hybridized carbons (Fsp3) is 0.381. The van der Waals surface area contributed by atoms with Crippen LogP contribution in [0.3, 0.4) is 0 Å². The molecule has 0 fully saturated rings. The van der Waals surface area contributed by atoms with Crippen molar-refractivity contribution in [2.75, 3.05) is 17.7 Å². The second kappa shape index (κ2) is 8.49. The monoisotopic (exact) mass is 413 g/mol. The topological polar surface area (TPSA) is 64.1 Å². The van der Waals surface area contributed by atoms with Crippen molar-refractivity contribution in [2.45, 2.75) is 38.1 Å². The van der Waals surface area contributed by atoms with Gasteiger partial charge in [-0.05, 0) is 49.8 Å². The molecule has 0 aliphatic heterocycles. The number of thiophene rings is 1. The zero-order chi connectivity index (χ0) is 19.5. The number of fused-ring (bicyclic) bond motifs is 3. The molecule has 1 aromatic carbocycles. The predicted octanol–water partition coefficient (Wildman–Crippen LogP) is 4.95. The molecule has 4 rings (SSSR count). The molecule has 1 N–H and O–H groups in total. The molecule has 0 saturated heterocycles. The maximum absolute atomic E-state index is 12.5. The van der Waals surface area contributed by atoms with Crippen LogP contribution in [-0.2, 0) is 17.6 Å². The Hall–Kier alpha value is -2.12. The maximum Gasteiger partial charge on any atom is 0.234 e. The minimum absolute atomic E-state index is 0.0679. The van der Waals surface area contributed by atoms with Gasteiger partial charge in [0.05, 0.1) is 18.0 Å². The van der Waals surface area contributed by atoms with Crippen LogP contribution < -0.4 is 10.1 Å². The number of carbonyl (C=O) groups excluding carboxylic acids is 1. The zero-order valence-electron chi connectivity index (χ0n) is 16.0. The number of anilines is 1. The summed E-state index contributed by atoms with van der Waals surface area (Å²) in [6.07, 6.45) is 5.01. The molecule has 1 amide bonds. The molecule has 1 aliphatic carbocycles. The van der Waals surface area contributed by atoms with E-state index in [9.17, 15) is 4.79 Å². The number of nitrogens with zero attached hydrogens (tertiary/aromatic N) is 2. The first-order chi connectivity index (χ1) is 13.7. The molecular weight excluding hydrogens is 390 g/mol. The fourth-order valence-corrected chi connectivity index (χ4v) is 5.77. The van der Waals surface area contributed by atoms with Crippen molar-refractivity contribution in [3.05, 3.63) is 41.0 Å².